The summed E-state index contributed by atoms with van der Waals surface area (Å²) in [5.74, 6) is 0.576. The number of anilines is 1. The molecule has 1 saturated carbocycles. The van der Waals surface area contributed by atoms with E-state index in [2.05, 4.69) is 15.7 Å². The van der Waals surface area contributed by atoms with Gasteiger partial charge in [0.2, 0.25) is 5.91 Å². The van der Waals surface area contributed by atoms with Crippen molar-refractivity contribution in [3.05, 3.63) is 11.2 Å². The molecule has 2 aliphatic rings. The van der Waals surface area contributed by atoms with Crippen molar-refractivity contribution in [3.63, 3.8) is 0 Å². The molecule has 1 aliphatic carbocycles. The van der Waals surface area contributed by atoms with Crippen molar-refractivity contribution in [2.45, 2.75) is 45.6 Å². The molecule has 3 rings (SSSR count). The molecule has 1 amide bonds. The summed E-state index contributed by atoms with van der Waals surface area (Å²) >= 11 is 6.14. The van der Waals surface area contributed by atoms with E-state index in [0.717, 1.165) is 32.5 Å². The Hall–Kier alpha value is -1.07. The fraction of sp³-hybridized carbons (Fsp3) is 0.733. The van der Waals surface area contributed by atoms with Crippen LogP contribution in [0.1, 0.15) is 39.0 Å². The monoisotopic (exact) mass is 310 g/mol. The van der Waals surface area contributed by atoms with E-state index >= 15 is 0 Å². The van der Waals surface area contributed by atoms with Crippen molar-refractivity contribution in [2.75, 3.05) is 18.4 Å². The molecule has 1 aliphatic heterocycles. The number of aromatic nitrogens is 2. The predicted octanol–water partition coefficient (Wildman–Crippen LogP) is 2.66. The van der Waals surface area contributed by atoms with Gasteiger partial charge in [0.15, 0.2) is 5.82 Å². The Morgan fingerprint density at radius 1 is 1.52 bits per heavy atom. The summed E-state index contributed by atoms with van der Waals surface area (Å²) in [5.41, 5.74) is 0.141. The minimum atomic E-state index is 0.0284. The summed E-state index contributed by atoms with van der Waals surface area (Å²) in [6.45, 7) is 4.46. The van der Waals surface area contributed by atoms with Gasteiger partial charge in [-0.25, -0.2) is 0 Å². The Morgan fingerprint density at radius 3 is 2.95 bits per heavy atom. The van der Waals surface area contributed by atoms with Crippen LogP contribution in [0.15, 0.2) is 6.20 Å². The second-order valence-corrected chi connectivity index (χ2v) is 6.68. The first kappa shape index (κ1) is 14.9. The maximum Gasteiger partial charge on any atom is 0.230 e. The molecule has 21 heavy (non-hydrogen) atoms. The zero-order valence-corrected chi connectivity index (χ0v) is 13.2. The van der Waals surface area contributed by atoms with Crippen molar-refractivity contribution in [1.82, 2.24) is 15.1 Å². The van der Waals surface area contributed by atoms with Crippen LogP contribution in [0.2, 0.25) is 5.02 Å². The van der Waals surface area contributed by atoms with E-state index in [1.54, 1.807) is 10.9 Å². The van der Waals surface area contributed by atoms with Crippen LogP contribution in [0.5, 0.6) is 0 Å². The molecule has 5 nitrogen and oxygen atoms in total. The van der Waals surface area contributed by atoms with Gasteiger partial charge in [-0.05, 0) is 25.2 Å². The molecule has 2 fully saturated rings. The highest BCUT2D eigenvalue weighted by Crippen LogP contribution is 2.45. The molecular weight excluding hydrogens is 288 g/mol. The molecule has 0 aromatic carbocycles. The van der Waals surface area contributed by atoms with Crippen molar-refractivity contribution < 1.29 is 4.79 Å². The Morgan fingerprint density at radius 2 is 2.29 bits per heavy atom. The molecule has 2 heterocycles. The largest absolute Gasteiger partial charge is 0.315 e. The van der Waals surface area contributed by atoms with Gasteiger partial charge < -0.3 is 10.6 Å². The lowest BCUT2D eigenvalue weighted by Crippen LogP contribution is -2.39. The summed E-state index contributed by atoms with van der Waals surface area (Å²) in [5, 5.41) is 11.2. The lowest BCUT2D eigenvalue weighted by Gasteiger charge is -2.37. The van der Waals surface area contributed by atoms with Crippen LogP contribution in [-0.4, -0.2) is 28.8 Å². The van der Waals surface area contributed by atoms with Gasteiger partial charge in [0.25, 0.3) is 0 Å². The maximum absolute atomic E-state index is 12.7. The Balaban J connectivity index is 1.73. The number of amides is 1. The predicted molar refractivity (Wildman–Crippen MR) is 83.4 cm³/mol. The summed E-state index contributed by atoms with van der Waals surface area (Å²) in [6, 6.07) is 0. The Bertz CT molecular complexity index is 522. The molecule has 0 bridgehead atoms. The fourth-order valence-electron chi connectivity index (χ4n) is 3.80. The number of halogens is 1. The average molecular weight is 311 g/mol. The maximum atomic E-state index is 12.7. The smallest absolute Gasteiger partial charge is 0.230 e. The Labute approximate surface area is 130 Å². The van der Waals surface area contributed by atoms with Crippen LogP contribution >= 0.6 is 11.6 Å². The number of carbonyl (C=O) groups is 1. The third-order valence-corrected chi connectivity index (χ3v) is 5.29. The molecule has 1 spiro atoms. The summed E-state index contributed by atoms with van der Waals surface area (Å²) in [4.78, 5) is 12.7. The van der Waals surface area contributed by atoms with E-state index in [1.807, 2.05) is 6.92 Å². The molecule has 1 saturated heterocycles. The highest BCUT2D eigenvalue weighted by molar-refractivity contribution is 6.33. The second-order valence-electron chi connectivity index (χ2n) is 6.28. The summed E-state index contributed by atoms with van der Waals surface area (Å²) < 4.78 is 1.74. The topological polar surface area (TPSA) is 59.0 Å². The average Bonchev–Trinajstić information content (AvgIpc) is 3.04. The van der Waals surface area contributed by atoms with E-state index in [-0.39, 0.29) is 17.2 Å². The molecular formula is C15H23ClN4O. The molecule has 0 radical (unpaired) electrons. The van der Waals surface area contributed by atoms with Gasteiger partial charge in [-0.2, -0.15) is 5.10 Å². The third kappa shape index (κ3) is 2.81. The lowest BCUT2D eigenvalue weighted by atomic mass is 9.67. The van der Waals surface area contributed by atoms with Gasteiger partial charge in [0.05, 0.1) is 5.92 Å². The molecule has 2 N–H and O–H groups in total. The van der Waals surface area contributed by atoms with Crippen LogP contribution in [0.3, 0.4) is 0 Å². The van der Waals surface area contributed by atoms with E-state index < -0.39 is 0 Å². The number of carbonyl (C=O) groups excluding carboxylic acids is 1. The van der Waals surface area contributed by atoms with Gasteiger partial charge in [-0.15, -0.1) is 0 Å². The van der Waals surface area contributed by atoms with Crippen LogP contribution < -0.4 is 10.6 Å². The number of nitrogens with one attached hydrogen (secondary N) is 2. The van der Waals surface area contributed by atoms with Gasteiger partial charge in [0, 0.05) is 25.8 Å². The zero-order valence-electron chi connectivity index (χ0n) is 12.5. The van der Waals surface area contributed by atoms with Crippen LogP contribution in [0.25, 0.3) is 0 Å². The van der Waals surface area contributed by atoms with Crippen molar-refractivity contribution in [2.24, 2.45) is 11.3 Å². The van der Waals surface area contributed by atoms with Crippen molar-refractivity contribution >= 4 is 23.3 Å². The van der Waals surface area contributed by atoms with Crippen LogP contribution in [0.4, 0.5) is 5.82 Å². The molecule has 1 atom stereocenters. The second kappa shape index (κ2) is 5.97. The SMILES string of the molecule is CCn1cc(Cl)c(NC(=O)[C@H]2CNCC23CCCCC3)n1. The molecule has 1 aromatic heterocycles. The van der Waals surface area contributed by atoms with Gasteiger partial charge in [-0.3, -0.25) is 9.48 Å². The van der Waals surface area contributed by atoms with Crippen molar-refractivity contribution in [3.8, 4) is 0 Å². The molecule has 0 unspecified atom stereocenters. The van der Waals surface area contributed by atoms with E-state index in [1.165, 1.54) is 19.3 Å². The highest BCUT2D eigenvalue weighted by atomic mass is 35.5. The minimum absolute atomic E-state index is 0.0284. The number of aryl methyl sites for hydroxylation is 1. The van der Waals surface area contributed by atoms with E-state index in [9.17, 15) is 4.79 Å². The van der Waals surface area contributed by atoms with E-state index in [4.69, 9.17) is 11.6 Å². The number of hydrogen-bond donors (Lipinski definition) is 2. The number of nitrogens with zero attached hydrogens (tertiary/aromatic N) is 2. The zero-order chi connectivity index (χ0) is 14.9. The third-order valence-electron chi connectivity index (χ3n) is 5.01. The summed E-state index contributed by atoms with van der Waals surface area (Å²) in [7, 11) is 0. The lowest BCUT2D eigenvalue weighted by molar-refractivity contribution is -0.123. The van der Waals surface area contributed by atoms with Gasteiger partial charge in [0.1, 0.15) is 5.02 Å². The molecule has 1 aromatic rings. The quantitative estimate of drug-likeness (QED) is 0.902. The normalized spacial score (nSPS) is 24.4. The summed E-state index contributed by atoms with van der Waals surface area (Å²) in [6.07, 6.45) is 7.81. The van der Waals surface area contributed by atoms with Gasteiger partial charge >= 0.3 is 0 Å². The first-order valence-electron chi connectivity index (χ1n) is 7.89. The Kier molecular flexibility index (Phi) is 4.22. The van der Waals surface area contributed by atoms with Crippen LogP contribution in [-0.2, 0) is 11.3 Å². The highest BCUT2D eigenvalue weighted by Gasteiger charge is 2.47. The van der Waals surface area contributed by atoms with Crippen LogP contribution in [0, 0.1) is 11.3 Å². The minimum Gasteiger partial charge on any atom is -0.315 e. The molecule has 116 valence electrons. The van der Waals surface area contributed by atoms with E-state index in [0.29, 0.717) is 10.8 Å². The number of rotatable bonds is 3. The fourth-order valence-corrected chi connectivity index (χ4v) is 4.00. The van der Waals surface area contributed by atoms with Gasteiger partial charge in [-0.1, -0.05) is 30.9 Å². The number of hydrogen-bond acceptors (Lipinski definition) is 3. The first-order valence-corrected chi connectivity index (χ1v) is 8.27. The molecule has 6 heteroatoms. The van der Waals surface area contributed by atoms with Crippen molar-refractivity contribution in [1.29, 1.82) is 0 Å². The first-order chi connectivity index (χ1) is 10.1. The standard InChI is InChI=1S/C15H23ClN4O/c1-2-20-9-12(16)13(19-20)18-14(21)11-8-17-10-15(11)6-4-3-5-7-15/h9,11,17H,2-8,10H2,1H3,(H,18,19,21)/t11-/m1/s1.